The monoisotopic (exact) mass is 249 g/mol. The van der Waals surface area contributed by atoms with Crippen LogP contribution in [-0.4, -0.2) is 32.7 Å². The van der Waals surface area contributed by atoms with Crippen LogP contribution in [-0.2, 0) is 10.0 Å². The molecule has 0 fully saturated rings. The van der Waals surface area contributed by atoms with Crippen molar-refractivity contribution in [3.8, 4) is 0 Å². The standard InChI is InChI=1S/C8H12ClN3O2S/c1-10-15(13,14)5-4-11-7-2-3-12-8(9)6-7/h2-3,6,10H,4-5H2,1H3,(H,11,12). The third-order valence-electron chi connectivity index (χ3n) is 1.74. The van der Waals surface area contributed by atoms with Crippen molar-refractivity contribution < 1.29 is 8.42 Å². The molecule has 0 aliphatic rings. The molecule has 0 spiro atoms. The van der Waals surface area contributed by atoms with Crippen LogP contribution in [0.4, 0.5) is 5.69 Å². The minimum atomic E-state index is -3.16. The Labute approximate surface area is 93.9 Å². The molecular formula is C8H12ClN3O2S. The molecule has 0 aromatic carbocycles. The van der Waals surface area contributed by atoms with E-state index in [2.05, 4.69) is 15.0 Å². The molecule has 7 heteroatoms. The van der Waals surface area contributed by atoms with Gasteiger partial charge < -0.3 is 5.32 Å². The van der Waals surface area contributed by atoms with Crippen LogP contribution in [0.5, 0.6) is 0 Å². The normalized spacial score (nSPS) is 11.3. The van der Waals surface area contributed by atoms with Crippen LogP contribution in [0.25, 0.3) is 0 Å². The number of nitrogens with one attached hydrogen (secondary N) is 2. The van der Waals surface area contributed by atoms with Gasteiger partial charge >= 0.3 is 0 Å². The lowest BCUT2D eigenvalue weighted by molar-refractivity contribution is 0.588. The number of nitrogens with zero attached hydrogens (tertiary/aromatic N) is 1. The Morgan fingerprint density at radius 2 is 2.27 bits per heavy atom. The molecule has 1 heterocycles. The maximum absolute atomic E-state index is 11.1. The van der Waals surface area contributed by atoms with Crippen molar-refractivity contribution in [3.05, 3.63) is 23.5 Å². The Morgan fingerprint density at radius 1 is 1.53 bits per heavy atom. The van der Waals surface area contributed by atoms with Gasteiger partial charge in [-0.2, -0.15) is 0 Å². The summed E-state index contributed by atoms with van der Waals surface area (Å²) in [6, 6.07) is 3.35. The van der Waals surface area contributed by atoms with Crippen molar-refractivity contribution in [2.24, 2.45) is 0 Å². The zero-order valence-corrected chi connectivity index (χ0v) is 9.77. The van der Waals surface area contributed by atoms with E-state index >= 15 is 0 Å². The summed E-state index contributed by atoms with van der Waals surface area (Å²) in [5, 5.41) is 3.30. The molecule has 84 valence electrons. The maximum atomic E-state index is 11.1. The van der Waals surface area contributed by atoms with Gasteiger partial charge in [0.25, 0.3) is 0 Å². The smallest absolute Gasteiger partial charge is 0.213 e. The molecule has 0 radical (unpaired) electrons. The van der Waals surface area contributed by atoms with Gasteiger partial charge in [-0.1, -0.05) is 11.6 Å². The number of hydrogen-bond donors (Lipinski definition) is 2. The molecule has 0 unspecified atom stereocenters. The summed E-state index contributed by atoms with van der Waals surface area (Å²) in [7, 11) is -1.77. The zero-order chi connectivity index (χ0) is 11.3. The molecule has 5 nitrogen and oxygen atoms in total. The number of sulfonamides is 1. The maximum Gasteiger partial charge on any atom is 0.213 e. The van der Waals surface area contributed by atoms with Crippen molar-refractivity contribution in [2.75, 3.05) is 24.7 Å². The number of hydrogen-bond acceptors (Lipinski definition) is 4. The number of halogens is 1. The Bertz CT molecular complexity index is 422. The molecule has 15 heavy (non-hydrogen) atoms. The van der Waals surface area contributed by atoms with Crippen molar-refractivity contribution in [3.63, 3.8) is 0 Å². The topological polar surface area (TPSA) is 71.1 Å². The molecule has 0 bridgehead atoms. The van der Waals surface area contributed by atoms with Crippen LogP contribution < -0.4 is 10.0 Å². The zero-order valence-electron chi connectivity index (χ0n) is 8.20. The fourth-order valence-corrected chi connectivity index (χ4v) is 1.69. The Balaban J connectivity index is 2.45. The molecule has 0 saturated carbocycles. The summed E-state index contributed by atoms with van der Waals surface area (Å²) in [6.45, 7) is 0.323. The minimum Gasteiger partial charge on any atom is -0.384 e. The number of pyridine rings is 1. The fraction of sp³-hybridized carbons (Fsp3) is 0.375. The van der Waals surface area contributed by atoms with Gasteiger partial charge in [-0.15, -0.1) is 0 Å². The first-order chi connectivity index (χ1) is 7.03. The highest BCUT2D eigenvalue weighted by atomic mass is 35.5. The summed E-state index contributed by atoms with van der Waals surface area (Å²) in [4.78, 5) is 3.81. The Kier molecular flexibility index (Phi) is 4.31. The van der Waals surface area contributed by atoms with Crippen molar-refractivity contribution in [1.29, 1.82) is 0 Å². The predicted molar refractivity (Wildman–Crippen MR) is 60.6 cm³/mol. The average molecular weight is 250 g/mol. The van der Waals surface area contributed by atoms with Crippen LogP contribution >= 0.6 is 11.6 Å². The Morgan fingerprint density at radius 3 is 2.87 bits per heavy atom. The van der Waals surface area contributed by atoms with E-state index in [0.717, 1.165) is 5.69 Å². The van der Waals surface area contributed by atoms with E-state index in [1.807, 2.05) is 0 Å². The second kappa shape index (κ2) is 5.29. The van der Waals surface area contributed by atoms with Crippen LogP contribution in [0.15, 0.2) is 18.3 Å². The summed E-state index contributed by atoms with van der Waals surface area (Å²) in [6.07, 6.45) is 1.55. The van der Waals surface area contributed by atoms with Crippen molar-refractivity contribution in [1.82, 2.24) is 9.71 Å². The minimum absolute atomic E-state index is 0.0173. The number of rotatable bonds is 5. The summed E-state index contributed by atoms with van der Waals surface area (Å²) in [5.41, 5.74) is 0.751. The Hall–Kier alpha value is -0.850. The number of aromatic nitrogens is 1. The van der Waals surface area contributed by atoms with E-state index in [9.17, 15) is 8.42 Å². The van der Waals surface area contributed by atoms with Gasteiger partial charge in [-0.3, -0.25) is 0 Å². The van der Waals surface area contributed by atoms with Gasteiger partial charge in [0.2, 0.25) is 10.0 Å². The summed E-state index contributed by atoms with van der Waals surface area (Å²) in [5.74, 6) is 0.0173. The molecule has 1 rings (SSSR count). The molecule has 0 aliphatic carbocycles. The molecule has 2 N–H and O–H groups in total. The van der Waals surface area contributed by atoms with E-state index in [1.165, 1.54) is 7.05 Å². The highest BCUT2D eigenvalue weighted by Gasteiger charge is 2.05. The second-order valence-electron chi connectivity index (χ2n) is 2.82. The number of anilines is 1. The van der Waals surface area contributed by atoms with Crippen LogP contribution in [0, 0.1) is 0 Å². The molecule has 0 saturated heterocycles. The van der Waals surface area contributed by atoms with Gasteiger partial charge in [0.1, 0.15) is 5.15 Å². The third kappa shape index (κ3) is 4.46. The first kappa shape index (κ1) is 12.2. The van der Waals surface area contributed by atoms with E-state index < -0.39 is 10.0 Å². The largest absolute Gasteiger partial charge is 0.384 e. The predicted octanol–water partition coefficient (Wildman–Crippen LogP) is 0.696. The average Bonchev–Trinajstić information content (AvgIpc) is 2.18. The van der Waals surface area contributed by atoms with Crippen LogP contribution in [0.3, 0.4) is 0 Å². The van der Waals surface area contributed by atoms with E-state index in [1.54, 1.807) is 18.3 Å². The molecule has 0 atom stereocenters. The second-order valence-corrected chi connectivity index (χ2v) is 5.25. The lowest BCUT2D eigenvalue weighted by atomic mass is 10.4. The quantitative estimate of drug-likeness (QED) is 0.754. The summed E-state index contributed by atoms with van der Waals surface area (Å²) < 4.78 is 24.4. The first-order valence-corrected chi connectivity index (χ1v) is 6.33. The summed E-state index contributed by atoms with van der Waals surface area (Å²) >= 11 is 5.66. The van der Waals surface area contributed by atoms with E-state index in [4.69, 9.17) is 11.6 Å². The van der Waals surface area contributed by atoms with Gasteiger partial charge in [0, 0.05) is 18.4 Å². The van der Waals surface area contributed by atoms with Crippen molar-refractivity contribution in [2.45, 2.75) is 0 Å². The van der Waals surface area contributed by atoms with Crippen LogP contribution in [0.1, 0.15) is 0 Å². The molecule has 0 aliphatic heterocycles. The molecule has 1 aromatic heterocycles. The molecular weight excluding hydrogens is 238 g/mol. The van der Waals surface area contributed by atoms with E-state index in [0.29, 0.717) is 11.7 Å². The van der Waals surface area contributed by atoms with Gasteiger partial charge in [0.15, 0.2) is 0 Å². The molecule has 1 aromatic rings. The highest BCUT2D eigenvalue weighted by Crippen LogP contribution is 2.11. The fourth-order valence-electron chi connectivity index (χ4n) is 0.944. The van der Waals surface area contributed by atoms with Crippen LogP contribution in [0.2, 0.25) is 5.15 Å². The van der Waals surface area contributed by atoms with Gasteiger partial charge in [0.05, 0.1) is 5.75 Å². The van der Waals surface area contributed by atoms with Gasteiger partial charge in [-0.05, 0) is 19.2 Å². The highest BCUT2D eigenvalue weighted by molar-refractivity contribution is 7.89. The van der Waals surface area contributed by atoms with Crippen molar-refractivity contribution >= 4 is 27.3 Å². The third-order valence-corrected chi connectivity index (χ3v) is 3.31. The van der Waals surface area contributed by atoms with E-state index in [-0.39, 0.29) is 5.75 Å². The lowest BCUT2D eigenvalue weighted by Crippen LogP contribution is -2.26. The lowest BCUT2D eigenvalue weighted by Gasteiger charge is -2.06. The van der Waals surface area contributed by atoms with Gasteiger partial charge in [-0.25, -0.2) is 18.1 Å². The first-order valence-electron chi connectivity index (χ1n) is 4.30. The SMILES string of the molecule is CNS(=O)(=O)CCNc1ccnc(Cl)c1. The molecule has 0 amide bonds.